The largest absolute Gasteiger partial charge is 0.396 e. The Kier molecular flexibility index (Phi) is 3.19. The van der Waals surface area contributed by atoms with Gasteiger partial charge in [0.1, 0.15) is 0 Å². The van der Waals surface area contributed by atoms with Crippen molar-refractivity contribution in [3.8, 4) is 0 Å². The predicted molar refractivity (Wildman–Crippen MR) is 59.6 cm³/mol. The smallest absolute Gasteiger partial charge is 0.223 e. The summed E-state index contributed by atoms with van der Waals surface area (Å²) < 4.78 is 0. The molecule has 4 nitrogen and oxygen atoms in total. The van der Waals surface area contributed by atoms with Gasteiger partial charge >= 0.3 is 0 Å². The molecule has 2 rings (SSSR count). The van der Waals surface area contributed by atoms with Crippen LogP contribution in [0.1, 0.15) is 24.9 Å². The first-order chi connectivity index (χ1) is 7.77. The van der Waals surface area contributed by atoms with E-state index in [0.717, 1.165) is 5.56 Å². The van der Waals surface area contributed by atoms with Gasteiger partial charge in [0.05, 0.1) is 6.04 Å². The summed E-state index contributed by atoms with van der Waals surface area (Å²) in [7, 11) is 0. The van der Waals surface area contributed by atoms with E-state index in [-0.39, 0.29) is 24.5 Å². The minimum atomic E-state index is -0.0174. The normalized spacial score (nSPS) is 25.1. The quantitative estimate of drug-likeness (QED) is 0.826. The van der Waals surface area contributed by atoms with Crippen LogP contribution in [0.3, 0.4) is 0 Å². The summed E-state index contributed by atoms with van der Waals surface area (Å²) in [6, 6.07) is 3.80. The summed E-state index contributed by atoms with van der Waals surface area (Å²) in [5.41, 5.74) is 1.01. The molecule has 0 radical (unpaired) electrons. The second kappa shape index (κ2) is 4.61. The summed E-state index contributed by atoms with van der Waals surface area (Å²) in [5, 5.41) is 9.33. The molecule has 0 aromatic carbocycles. The topological polar surface area (TPSA) is 53.4 Å². The molecule has 1 amide bonds. The minimum absolute atomic E-state index is 0.00310. The van der Waals surface area contributed by atoms with Gasteiger partial charge in [0.2, 0.25) is 5.91 Å². The lowest BCUT2D eigenvalue weighted by molar-refractivity contribution is -0.128. The van der Waals surface area contributed by atoms with Crippen molar-refractivity contribution >= 4 is 5.91 Å². The first-order valence-corrected chi connectivity index (χ1v) is 5.58. The van der Waals surface area contributed by atoms with Crippen LogP contribution in [0, 0.1) is 5.92 Å². The molecule has 1 N–H and O–H groups in total. The third-order valence-electron chi connectivity index (χ3n) is 3.14. The lowest BCUT2D eigenvalue weighted by atomic mass is 9.95. The van der Waals surface area contributed by atoms with Gasteiger partial charge in [-0.1, -0.05) is 6.07 Å². The minimum Gasteiger partial charge on any atom is -0.396 e. The van der Waals surface area contributed by atoms with Crippen molar-refractivity contribution in [3.05, 3.63) is 30.1 Å². The molecule has 0 saturated carbocycles. The maximum atomic E-state index is 11.8. The van der Waals surface area contributed by atoms with Gasteiger partial charge in [0.25, 0.3) is 0 Å². The molecule has 1 aliphatic rings. The van der Waals surface area contributed by atoms with Gasteiger partial charge in [-0.2, -0.15) is 0 Å². The summed E-state index contributed by atoms with van der Waals surface area (Å²) in [5.74, 6) is 0.118. The van der Waals surface area contributed by atoms with Crippen molar-refractivity contribution in [2.45, 2.75) is 19.4 Å². The van der Waals surface area contributed by atoms with E-state index in [2.05, 4.69) is 4.98 Å². The lowest BCUT2D eigenvalue weighted by Crippen LogP contribution is -2.29. The molecule has 4 heteroatoms. The number of rotatable bonds is 3. The Bertz CT molecular complexity index is 367. The van der Waals surface area contributed by atoms with E-state index >= 15 is 0 Å². The summed E-state index contributed by atoms with van der Waals surface area (Å²) >= 11 is 0. The molecule has 0 aliphatic carbocycles. The number of aliphatic hydroxyl groups is 1. The molecule has 1 saturated heterocycles. The van der Waals surface area contributed by atoms with E-state index < -0.39 is 0 Å². The van der Waals surface area contributed by atoms with Gasteiger partial charge in [-0.3, -0.25) is 9.78 Å². The van der Waals surface area contributed by atoms with Crippen LogP contribution in [0.4, 0.5) is 0 Å². The van der Waals surface area contributed by atoms with Crippen molar-refractivity contribution in [2.24, 2.45) is 5.92 Å². The number of pyridine rings is 1. The Morgan fingerprint density at radius 3 is 3.00 bits per heavy atom. The van der Waals surface area contributed by atoms with E-state index in [0.29, 0.717) is 13.0 Å². The molecule has 1 aliphatic heterocycles. The first-order valence-electron chi connectivity index (χ1n) is 5.58. The van der Waals surface area contributed by atoms with Crippen LogP contribution in [-0.4, -0.2) is 34.0 Å². The second-order valence-corrected chi connectivity index (χ2v) is 4.06. The molecule has 86 valence electrons. The third-order valence-corrected chi connectivity index (χ3v) is 3.14. The fraction of sp³-hybridized carbons (Fsp3) is 0.500. The van der Waals surface area contributed by atoms with E-state index in [1.165, 1.54) is 0 Å². The zero-order valence-electron chi connectivity index (χ0n) is 9.34. The number of nitrogens with zero attached hydrogens (tertiary/aromatic N) is 2. The summed E-state index contributed by atoms with van der Waals surface area (Å²) in [4.78, 5) is 17.6. The van der Waals surface area contributed by atoms with Gasteiger partial charge in [0.15, 0.2) is 0 Å². The predicted octanol–water partition coefficient (Wildman–Crippen LogP) is 0.983. The maximum Gasteiger partial charge on any atom is 0.223 e. The Morgan fingerprint density at radius 2 is 2.44 bits per heavy atom. The number of hydrogen-bond donors (Lipinski definition) is 1. The van der Waals surface area contributed by atoms with Crippen LogP contribution in [0.15, 0.2) is 24.5 Å². The molecule has 2 unspecified atom stereocenters. The monoisotopic (exact) mass is 220 g/mol. The number of aliphatic hydroxyl groups excluding tert-OH is 1. The number of amides is 1. The third kappa shape index (κ3) is 1.80. The zero-order valence-corrected chi connectivity index (χ0v) is 9.34. The Hall–Kier alpha value is -1.42. The number of carbonyl (C=O) groups excluding carboxylic acids is 1. The molecule has 0 bridgehead atoms. The fourth-order valence-electron chi connectivity index (χ4n) is 2.40. The van der Waals surface area contributed by atoms with E-state index in [1.54, 1.807) is 12.4 Å². The molecule has 2 atom stereocenters. The zero-order chi connectivity index (χ0) is 11.5. The molecule has 2 heterocycles. The highest BCUT2D eigenvalue weighted by Gasteiger charge is 2.39. The van der Waals surface area contributed by atoms with Crippen LogP contribution < -0.4 is 0 Å². The van der Waals surface area contributed by atoms with Crippen molar-refractivity contribution in [2.75, 3.05) is 13.2 Å². The molecule has 16 heavy (non-hydrogen) atoms. The van der Waals surface area contributed by atoms with Crippen LogP contribution in [0.2, 0.25) is 0 Å². The molecule has 0 spiro atoms. The lowest BCUT2D eigenvalue weighted by Gasteiger charge is -2.26. The van der Waals surface area contributed by atoms with Crippen molar-refractivity contribution < 1.29 is 9.90 Å². The standard InChI is InChI=1S/C12H16N2O2/c1-2-14-11(16)6-10(8-15)12(14)9-4-3-5-13-7-9/h3-5,7,10,12,15H,2,6,8H2,1H3. The van der Waals surface area contributed by atoms with Gasteiger partial charge < -0.3 is 10.0 Å². The average Bonchev–Trinajstić information content (AvgIpc) is 2.66. The number of hydrogen-bond acceptors (Lipinski definition) is 3. The Labute approximate surface area is 94.9 Å². The highest BCUT2D eigenvalue weighted by atomic mass is 16.3. The van der Waals surface area contributed by atoms with Crippen LogP contribution in [0.5, 0.6) is 0 Å². The highest BCUT2D eigenvalue weighted by Crippen LogP contribution is 2.36. The van der Waals surface area contributed by atoms with Crippen LogP contribution >= 0.6 is 0 Å². The molecule has 1 fully saturated rings. The summed E-state index contributed by atoms with van der Waals surface area (Å²) in [6.07, 6.45) is 3.92. The van der Waals surface area contributed by atoms with E-state index in [4.69, 9.17) is 0 Å². The second-order valence-electron chi connectivity index (χ2n) is 4.06. The Balaban J connectivity index is 2.32. The van der Waals surface area contributed by atoms with Crippen LogP contribution in [0.25, 0.3) is 0 Å². The van der Waals surface area contributed by atoms with E-state index in [9.17, 15) is 9.90 Å². The fourth-order valence-corrected chi connectivity index (χ4v) is 2.40. The van der Waals surface area contributed by atoms with Gasteiger partial charge in [-0.15, -0.1) is 0 Å². The van der Waals surface area contributed by atoms with Gasteiger partial charge in [-0.05, 0) is 18.6 Å². The van der Waals surface area contributed by atoms with Crippen molar-refractivity contribution in [3.63, 3.8) is 0 Å². The molecular weight excluding hydrogens is 204 g/mol. The van der Waals surface area contributed by atoms with Crippen LogP contribution in [-0.2, 0) is 4.79 Å². The van der Waals surface area contributed by atoms with Gasteiger partial charge in [0, 0.05) is 37.9 Å². The van der Waals surface area contributed by atoms with E-state index in [1.807, 2.05) is 24.0 Å². The molecular formula is C12H16N2O2. The first kappa shape index (κ1) is 11.1. The highest BCUT2D eigenvalue weighted by molar-refractivity contribution is 5.79. The number of aromatic nitrogens is 1. The number of likely N-dealkylation sites (tertiary alicyclic amines) is 1. The average molecular weight is 220 g/mol. The van der Waals surface area contributed by atoms with Gasteiger partial charge in [-0.25, -0.2) is 0 Å². The van der Waals surface area contributed by atoms with Crippen molar-refractivity contribution in [1.82, 2.24) is 9.88 Å². The molecule has 1 aromatic rings. The SMILES string of the molecule is CCN1C(=O)CC(CO)C1c1cccnc1. The maximum absolute atomic E-state index is 11.8. The van der Waals surface area contributed by atoms with Crippen molar-refractivity contribution in [1.29, 1.82) is 0 Å². The summed E-state index contributed by atoms with van der Waals surface area (Å²) in [6.45, 7) is 2.68. The Morgan fingerprint density at radius 1 is 1.62 bits per heavy atom. The molecule has 1 aromatic heterocycles. The number of carbonyl (C=O) groups is 1.